The van der Waals surface area contributed by atoms with Crippen LogP contribution in [-0.4, -0.2) is 84.0 Å². The maximum atomic E-state index is 14.4. The number of halogens is 1. The molecule has 4 N–H and O–H groups in total. The van der Waals surface area contributed by atoms with Crippen LogP contribution in [0.2, 0.25) is 5.02 Å². The molecule has 2 aromatic carbocycles. The lowest BCUT2D eigenvalue weighted by Gasteiger charge is -2.30. The molecular weight excluding hydrogens is 752 g/mol. The van der Waals surface area contributed by atoms with Crippen LogP contribution < -0.4 is 20.1 Å². The van der Waals surface area contributed by atoms with Crippen LogP contribution in [-0.2, 0) is 47.2 Å². The summed E-state index contributed by atoms with van der Waals surface area (Å²) in [5, 5.41) is 5.86. The molecule has 6 rings (SSSR count). The Morgan fingerprint density at radius 3 is 2.35 bits per heavy atom. The fourth-order valence-electron chi connectivity index (χ4n) is 7.21. The van der Waals surface area contributed by atoms with Crippen LogP contribution in [0.5, 0.6) is 0 Å². The van der Waals surface area contributed by atoms with E-state index in [4.69, 9.17) is 21.1 Å². The van der Waals surface area contributed by atoms with E-state index in [2.05, 4.69) is 15.4 Å². The van der Waals surface area contributed by atoms with Crippen molar-refractivity contribution in [2.75, 3.05) is 11.3 Å². The Morgan fingerprint density at radius 2 is 1.67 bits per heavy atom. The second kappa shape index (κ2) is 16.1. The zero-order chi connectivity index (χ0) is 39.5. The molecule has 2 fully saturated rings. The van der Waals surface area contributed by atoms with Crippen LogP contribution in [0, 0.1) is 5.92 Å². The minimum Gasteiger partial charge on any atom is -0.444 e. The molecule has 0 bridgehead atoms. The summed E-state index contributed by atoms with van der Waals surface area (Å²) >= 11 is 5.92. The van der Waals surface area contributed by atoms with Crippen molar-refractivity contribution in [3.63, 3.8) is 0 Å². The number of nitrogens with zero attached hydrogens (tertiary/aromatic N) is 2. The molecule has 1 saturated heterocycles. The number of alkyl carbamates (subject to hydrolysis) is 1. The van der Waals surface area contributed by atoms with Crippen LogP contribution in [0.25, 0.3) is 0 Å². The molecule has 15 nitrogen and oxygen atoms in total. The number of rotatable bonds is 6. The lowest BCUT2D eigenvalue weighted by molar-refractivity contribution is -0.141. The quantitative estimate of drug-likeness (QED) is 0.304. The summed E-state index contributed by atoms with van der Waals surface area (Å²) in [5.74, 6) is -2.81. The third kappa shape index (κ3) is 9.89. The molecule has 3 aliphatic heterocycles. The summed E-state index contributed by atoms with van der Waals surface area (Å²) in [6.45, 7) is 5.64. The van der Waals surface area contributed by atoms with Crippen LogP contribution >= 0.6 is 11.6 Å². The van der Waals surface area contributed by atoms with E-state index < -0.39 is 75.4 Å². The van der Waals surface area contributed by atoms with Gasteiger partial charge < -0.3 is 25.0 Å². The van der Waals surface area contributed by atoms with Crippen molar-refractivity contribution < 1.29 is 41.9 Å². The zero-order valence-corrected chi connectivity index (χ0v) is 32.6. The lowest BCUT2D eigenvalue weighted by atomic mass is 10.0. The van der Waals surface area contributed by atoms with Gasteiger partial charge in [-0.1, -0.05) is 60.9 Å². The van der Waals surface area contributed by atoms with Crippen LogP contribution in [0.3, 0.4) is 0 Å². The van der Waals surface area contributed by atoms with Gasteiger partial charge in [0.15, 0.2) is 0 Å². The maximum Gasteiger partial charge on any atom is 0.410 e. The molecule has 1 saturated carbocycles. The predicted octanol–water partition coefficient (Wildman–Crippen LogP) is 4.52. The number of hydrogen-bond acceptors (Lipinski definition) is 9. The largest absolute Gasteiger partial charge is 0.444 e. The Hall–Kier alpha value is -4.83. The van der Waals surface area contributed by atoms with Gasteiger partial charge in [0, 0.05) is 30.5 Å². The van der Waals surface area contributed by atoms with Gasteiger partial charge in [-0.2, -0.15) is 8.42 Å². The first-order chi connectivity index (χ1) is 26.0. The molecule has 55 heavy (non-hydrogen) atoms. The van der Waals surface area contributed by atoms with Crippen molar-refractivity contribution in [3.05, 3.63) is 76.8 Å². The average molecular weight is 799 g/mol. The van der Waals surface area contributed by atoms with Gasteiger partial charge in [0.2, 0.25) is 11.8 Å². The fourth-order valence-corrected chi connectivity index (χ4v) is 8.26. The normalized spacial score (nSPS) is 25.6. The summed E-state index contributed by atoms with van der Waals surface area (Å²) < 4.78 is 41.9. The Morgan fingerprint density at radius 1 is 0.982 bits per heavy atom. The van der Waals surface area contributed by atoms with Crippen molar-refractivity contribution in [3.8, 4) is 0 Å². The molecule has 1 aliphatic carbocycles. The van der Waals surface area contributed by atoms with Gasteiger partial charge in [-0.15, -0.1) is 0 Å². The standard InChI is InChI=1S/C38H47ClN6O9S/c1-37(2,3)54-35(49)40-30-14-8-6-4-5-7-13-26-20-38(26,34(48)43-55(51,52)42-28-17-15-27(39)16-18-28)41-32(46)31-19-29(23-45(31)33(30)47)53-36(50)44-21-24-11-9-10-12-25(24)22-44/h7,9-13,15-18,26,29-31,42H,4-6,8,14,19-23H2,1-3H3,(H,40,49)(H,41,46)(H,43,48)/t26-,29-,30+,31+,38-/m1/s1. The number of carbonyl (C=O) groups excluding carboxylic acids is 5. The minimum absolute atomic E-state index is 0.0993. The Labute approximate surface area is 325 Å². The summed E-state index contributed by atoms with van der Waals surface area (Å²) in [6.07, 6.45) is 4.32. The van der Waals surface area contributed by atoms with E-state index >= 15 is 0 Å². The van der Waals surface area contributed by atoms with Gasteiger partial charge in [-0.25, -0.2) is 14.3 Å². The number of nitrogens with one attached hydrogen (secondary N) is 4. The number of ether oxygens (including phenoxy) is 2. The van der Waals surface area contributed by atoms with E-state index in [1.807, 2.05) is 35.1 Å². The highest BCUT2D eigenvalue weighted by Gasteiger charge is 2.61. The van der Waals surface area contributed by atoms with E-state index in [1.54, 1.807) is 26.8 Å². The third-order valence-corrected chi connectivity index (χ3v) is 11.2. The maximum absolute atomic E-state index is 14.4. The van der Waals surface area contributed by atoms with Gasteiger partial charge in [-0.05, 0) is 81.8 Å². The number of amides is 5. The highest BCUT2D eigenvalue weighted by atomic mass is 35.5. The van der Waals surface area contributed by atoms with Crippen LogP contribution in [0.15, 0.2) is 60.7 Å². The smallest absolute Gasteiger partial charge is 0.410 e. The first-order valence-corrected chi connectivity index (χ1v) is 20.3. The summed E-state index contributed by atoms with van der Waals surface area (Å²) in [7, 11) is -4.45. The van der Waals surface area contributed by atoms with Gasteiger partial charge in [0.05, 0.1) is 12.2 Å². The van der Waals surface area contributed by atoms with E-state index in [9.17, 15) is 32.4 Å². The van der Waals surface area contributed by atoms with Gasteiger partial charge >= 0.3 is 22.4 Å². The second-order valence-corrected chi connectivity index (χ2v) is 17.3. The molecule has 0 radical (unpaired) electrons. The number of benzene rings is 2. The second-order valence-electron chi connectivity index (χ2n) is 15.5. The Balaban J connectivity index is 1.24. The van der Waals surface area contributed by atoms with E-state index in [0.29, 0.717) is 37.4 Å². The minimum atomic E-state index is -4.45. The molecule has 17 heteroatoms. The van der Waals surface area contributed by atoms with Crippen molar-refractivity contribution >= 4 is 57.4 Å². The highest BCUT2D eigenvalue weighted by molar-refractivity contribution is 7.91. The summed E-state index contributed by atoms with van der Waals surface area (Å²) in [6, 6.07) is 11.2. The molecule has 5 atom stereocenters. The molecule has 0 unspecified atom stereocenters. The van der Waals surface area contributed by atoms with Gasteiger partial charge in [-0.3, -0.25) is 24.0 Å². The first-order valence-electron chi connectivity index (χ1n) is 18.4. The van der Waals surface area contributed by atoms with E-state index in [1.165, 1.54) is 34.1 Å². The SMILES string of the molecule is CC(C)(C)OC(=O)N[C@H]1CCCCCC=C[C@@H]2C[C@@]2(C(=O)NS(=O)(=O)Nc2ccc(Cl)cc2)NC(=O)[C@@H]2C[C@@H](OC(=O)N3Cc4ccccc4C3)CN2C1=O. The molecular formula is C38H47ClN6O9S. The third-order valence-electron chi connectivity index (χ3n) is 10.0. The number of allylic oxidation sites excluding steroid dienone is 1. The molecule has 0 aromatic heterocycles. The van der Waals surface area contributed by atoms with Crippen molar-refractivity contribution in [2.24, 2.45) is 5.92 Å². The van der Waals surface area contributed by atoms with Crippen molar-refractivity contribution in [1.82, 2.24) is 25.2 Å². The first kappa shape index (κ1) is 39.9. The van der Waals surface area contributed by atoms with E-state index in [0.717, 1.165) is 17.5 Å². The van der Waals surface area contributed by atoms with Crippen LogP contribution in [0.4, 0.5) is 15.3 Å². The fraction of sp³-hybridized carbons (Fsp3) is 0.500. The molecule has 5 amide bonds. The van der Waals surface area contributed by atoms with Crippen molar-refractivity contribution in [1.29, 1.82) is 0 Å². The molecule has 2 aromatic rings. The van der Waals surface area contributed by atoms with Crippen molar-refractivity contribution in [2.45, 2.75) is 108 Å². The average Bonchev–Trinajstić information content (AvgIpc) is 3.41. The van der Waals surface area contributed by atoms with Gasteiger partial charge in [0.25, 0.3) is 5.91 Å². The predicted molar refractivity (Wildman–Crippen MR) is 203 cm³/mol. The lowest BCUT2D eigenvalue weighted by Crippen LogP contribution is -2.58. The number of carbonyl (C=O) groups is 5. The Bertz CT molecular complexity index is 1930. The van der Waals surface area contributed by atoms with Gasteiger partial charge in [0.1, 0.15) is 29.3 Å². The number of fused-ring (bicyclic) bond motifs is 3. The van der Waals surface area contributed by atoms with E-state index in [-0.39, 0.29) is 31.5 Å². The summed E-state index contributed by atoms with van der Waals surface area (Å²) in [5.41, 5.74) is -0.343. The molecule has 296 valence electrons. The Kier molecular flexibility index (Phi) is 11.7. The number of hydrogen-bond donors (Lipinski definition) is 4. The molecule has 0 spiro atoms. The summed E-state index contributed by atoms with van der Waals surface area (Å²) in [4.78, 5) is 71.7. The topological polar surface area (TPSA) is 193 Å². The van der Waals surface area contributed by atoms with Crippen LogP contribution in [0.1, 0.15) is 76.8 Å². The molecule has 3 heterocycles. The molecule has 4 aliphatic rings. The highest BCUT2D eigenvalue weighted by Crippen LogP contribution is 2.46. The number of anilines is 1. The zero-order valence-electron chi connectivity index (χ0n) is 31.0. The monoisotopic (exact) mass is 798 g/mol.